The van der Waals surface area contributed by atoms with Gasteiger partial charge in [-0.15, -0.1) is 0 Å². The quantitative estimate of drug-likeness (QED) is 0.526. The lowest BCUT2D eigenvalue weighted by Gasteiger charge is -2.18. The summed E-state index contributed by atoms with van der Waals surface area (Å²) in [5.41, 5.74) is 1.27. The monoisotopic (exact) mass is 464 g/mol. The van der Waals surface area contributed by atoms with Gasteiger partial charge in [-0.2, -0.15) is 0 Å². The molecule has 2 N–H and O–H groups in total. The number of H-pyrrole nitrogens is 2. The van der Waals surface area contributed by atoms with Crippen LogP contribution in [0.2, 0.25) is 0 Å². The fraction of sp³-hybridized carbons (Fsp3) is 0.455. The number of alkyl halides is 1. The summed E-state index contributed by atoms with van der Waals surface area (Å²) >= 11 is 3.04. The number of halogens is 1. The number of pyridine rings is 2. The highest BCUT2D eigenvalue weighted by molar-refractivity contribution is 9.09. The number of hydrogen-bond acceptors (Lipinski definition) is 4. The fourth-order valence-electron chi connectivity index (χ4n) is 2.39. The number of carbonyl (C=O) groups is 2. The highest BCUT2D eigenvalue weighted by Crippen LogP contribution is 2.19. The van der Waals surface area contributed by atoms with Gasteiger partial charge in [0.25, 0.3) is 11.1 Å². The van der Waals surface area contributed by atoms with Crippen LogP contribution in [0, 0.1) is 0 Å². The van der Waals surface area contributed by atoms with Crippen LogP contribution in [0.1, 0.15) is 80.6 Å². The molecule has 0 saturated carbocycles. The third-order valence-corrected chi connectivity index (χ3v) is 4.75. The zero-order chi connectivity index (χ0) is 22.6. The van der Waals surface area contributed by atoms with E-state index in [1.807, 2.05) is 41.5 Å². The van der Waals surface area contributed by atoms with Crippen LogP contribution in [0.3, 0.4) is 0 Å². The molecule has 0 aromatic carbocycles. The molecule has 29 heavy (non-hydrogen) atoms. The Morgan fingerprint density at radius 3 is 1.45 bits per heavy atom. The van der Waals surface area contributed by atoms with Crippen molar-refractivity contribution in [1.82, 2.24) is 9.97 Å². The molecule has 2 rings (SSSR count). The van der Waals surface area contributed by atoms with E-state index in [4.69, 9.17) is 0 Å². The summed E-state index contributed by atoms with van der Waals surface area (Å²) in [5.74, 6) is -0.400. The van der Waals surface area contributed by atoms with E-state index < -0.39 is 0 Å². The van der Waals surface area contributed by atoms with Gasteiger partial charge >= 0.3 is 0 Å². The maximum Gasteiger partial charge on any atom is 0.259 e. The van der Waals surface area contributed by atoms with Gasteiger partial charge in [0.15, 0.2) is 11.6 Å². The second-order valence-electron chi connectivity index (χ2n) is 8.84. The van der Waals surface area contributed by atoms with Crippen LogP contribution in [0.4, 0.5) is 0 Å². The van der Waals surface area contributed by atoms with Crippen molar-refractivity contribution >= 4 is 27.5 Å². The number of Topliss-reactive ketones (excluding diaryl/α,β-unsaturated/α-hetero) is 2. The molecule has 0 unspecified atom stereocenters. The molecule has 0 bridgehead atoms. The van der Waals surface area contributed by atoms with Crippen molar-refractivity contribution in [2.24, 2.45) is 0 Å². The maximum atomic E-state index is 11.6. The Kier molecular flexibility index (Phi) is 8.09. The summed E-state index contributed by atoms with van der Waals surface area (Å²) in [4.78, 5) is 50.8. The lowest BCUT2D eigenvalue weighted by molar-refractivity contribution is 0.101. The predicted molar refractivity (Wildman–Crippen MR) is 120 cm³/mol. The molecule has 0 saturated heterocycles. The molecule has 2 heterocycles. The highest BCUT2D eigenvalue weighted by Gasteiger charge is 2.17. The topological polar surface area (TPSA) is 99.9 Å². The van der Waals surface area contributed by atoms with Crippen LogP contribution in [-0.4, -0.2) is 26.9 Å². The molecule has 0 aliphatic heterocycles. The van der Waals surface area contributed by atoms with Crippen molar-refractivity contribution in [2.45, 2.75) is 59.3 Å². The predicted octanol–water partition coefficient (Wildman–Crippen LogP) is 4.13. The van der Waals surface area contributed by atoms with Crippen molar-refractivity contribution in [3.8, 4) is 0 Å². The smallest absolute Gasteiger partial charge is 0.259 e. The number of nitrogens with one attached hydrogen (secondary N) is 2. The Labute approximate surface area is 179 Å². The summed E-state index contributed by atoms with van der Waals surface area (Å²) in [6.45, 7) is 13.4. The van der Waals surface area contributed by atoms with E-state index in [2.05, 4.69) is 25.9 Å². The van der Waals surface area contributed by atoms with Gasteiger partial charge in [0.05, 0.1) is 16.5 Å². The third-order valence-electron chi connectivity index (χ3n) is 4.24. The average Bonchev–Trinajstić information content (AvgIpc) is 2.59. The Hall–Kier alpha value is -2.28. The van der Waals surface area contributed by atoms with E-state index in [0.717, 1.165) is 11.4 Å². The van der Waals surface area contributed by atoms with Gasteiger partial charge in [-0.25, -0.2) is 0 Å². The Morgan fingerprint density at radius 2 is 1.17 bits per heavy atom. The van der Waals surface area contributed by atoms with Gasteiger partial charge in [0.2, 0.25) is 0 Å². The van der Waals surface area contributed by atoms with E-state index >= 15 is 0 Å². The van der Waals surface area contributed by atoms with Gasteiger partial charge in [-0.05, 0) is 31.2 Å². The zero-order valence-electron chi connectivity index (χ0n) is 18.0. The number of rotatable bonds is 3. The van der Waals surface area contributed by atoms with Crippen LogP contribution >= 0.6 is 15.9 Å². The molecule has 7 heteroatoms. The minimum atomic E-state index is -0.313. The fourth-order valence-corrected chi connectivity index (χ4v) is 2.69. The molecule has 0 spiro atoms. The van der Waals surface area contributed by atoms with Crippen LogP contribution < -0.4 is 11.1 Å². The van der Waals surface area contributed by atoms with Crippen molar-refractivity contribution in [3.63, 3.8) is 0 Å². The molecule has 0 atom stereocenters. The van der Waals surface area contributed by atoms with Crippen molar-refractivity contribution in [2.75, 3.05) is 5.33 Å². The molecular weight excluding hydrogens is 436 g/mol. The molecule has 0 aliphatic rings. The minimum absolute atomic E-state index is 0.103. The molecule has 0 amide bonds. The van der Waals surface area contributed by atoms with Crippen LogP contribution in [0.25, 0.3) is 0 Å². The normalized spacial score (nSPS) is 11.4. The van der Waals surface area contributed by atoms with Gasteiger partial charge in [0.1, 0.15) is 0 Å². The SMILES string of the molecule is CC(=O)c1ccc(C(C)(C)C)[nH]c1=O.CC(C)(C)c1ccc(C(=O)CBr)c(=O)[nH]1. The first kappa shape index (κ1) is 24.8. The summed E-state index contributed by atoms with van der Waals surface area (Å²) < 4.78 is 0. The highest BCUT2D eigenvalue weighted by atomic mass is 79.9. The lowest BCUT2D eigenvalue weighted by atomic mass is 9.91. The van der Waals surface area contributed by atoms with Gasteiger partial charge < -0.3 is 9.97 Å². The first-order valence-electron chi connectivity index (χ1n) is 9.26. The minimum Gasteiger partial charge on any atom is -0.325 e. The summed E-state index contributed by atoms with van der Waals surface area (Å²) in [7, 11) is 0. The number of aromatic amines is 2. The second-order valence-corrected chi connectivity index (χ2v) is 9.40. The Morgan fingerprint density at radius 1 is 0.793 bits per heavy atom. The molecule has 0 aliphatic carbocycles. The zero-order valence-corrected chi connectivity index (χ0v) is 19.6. The van der Waals surface area contributed by atoms with E-state index in [0.29, 0.717) is 0 Å². The van der Waals surface area contributed by atoms with Gasteiger partial charge in [-0.1, -0.05) is 57.5 Å². The first-order valence-corrected chi connectivity index (χ1v) is 10.4. The molecule has 0 fully saturated rings. The van der Waals surface area contributed by atoms with Crippen LogP contribution in [-0.2, 0) is 10.8 Å². The average molecular weight is 465 g/mol. The van der Waals surface area contributed by atoms with Crippen molar-refractivity contribution in [3.05, 3.63) is 67.5 Å². The standard InChI is InChI=1S/C11H14BrNO2.C11H15NO2/c1-11(2,3)9-5-4-7(8(14)6-12)10(15)13-9;1-7(13)8-5-6-9(11(2,3)4)12-10(8)14/h4-5H,6H2,1-3H3,(H,13,15);5-6H,1-4H3,(H,12,14). The van der Waals surface area contributed by atoms with E-state index in [9.17, 15) is 19.2 Å². The molecule has 6 nitrogen and oxygen atoms in total. The summed E-state index contributed by atoms with van der Waals surface area (Å²) in [5, 5.41) is 0.172. The van der Waals surface area contributed by atoms with Crippen LogP contribution in [0.15, 0.2) is 33.9 Å². The molecular formula is C22H29BrN2O4. The van der Waals surface area contributed by atoms with Crippen molar-refractivity contribution in [1.29, 1.82) is 0 Å². The van der Waals surface area contributed by atoms with Crippen molar-refractivity contribution < 1.29 is 9.59 Å². The van der Waals surface area contributed by atoms with Gasteiger partial charge in [-0.3, -0.25) is 19.2 Å². The molecule has 2 aromatic heterocycles. The van der Waals surface area contributed by atoms with Gasteiger partial charge in [0, 0.05) is 22.2 Å². The lowest BCUT2D eigenvalue weighted by Crippen LogP contribution is -2.24. The summed E-state index contributed by atoms with van der Waals surface area (Å²) in [6, 6.07) is 6.75. The molecule has 158 valence electrons. The summed E-state index contributed by atoms with van der Waals surface area (Å²) in [6.07, 6.45) is 0. The number of ketones is 2. The van der Waals surface area contributed by atoms with Crippen LogP contribution in [0.5, 0.6) is 0 Å². The largest absolute Gasteiger partial charge is 0.325 e. The second kappa shape index (κ2) is 9.48. The number of carbonyl (C=O) groups excluding carboxylic acids is 2. The van der Waals surface area contributed by atoms with E-state index in [1.54, 1.807) is 24.3 Å². The number of aromatic nitrogens is 2. The Balaban J connectivity index is 0.000000291. The first-order chi connectivity index (χ1) is 13.2. The van der Waals surface area contributed by atoms with E-state index in [1.165, 1.54) is 6.92 Å². The third kappa shape index (κ3) is 6.92. The maximum absolute atomic E-state index is 11.6. The molecule has 0 radical (unpaired) electrons. The van der Waals surface area contributed by atoms with E-state index in [-0.39, 0.29) is 50.0 Å². The Bertz CT molecular complexity index is 1000. The number of hydrogen-bond donors (Lipinski definition) is 2. The molecule has 2 aromatic rings.